The Labute approximate surface area is 168 Å². The van der Waals surface area contributed by atoms with Crippen molar-refractivity contribution in [1.82, 2.24) is 10.2 Å². The first-order chi connectivity index (χ1) is 12.6. The maximum Gasteiger partial charge on any atom is 0.410 e. The van der Waals surface area contributed by atoms with Crippen LogP contribution in [0.2, 0.25) is 0 Å². The third-order valence-corrected chi connectivity index (χ3v) is 4.82. The topological polar surface area (TPSA) is 84.9 Å². The number of allylic oxidation sites excluding steroid dienone is 1. The highest BCUT2D eigenvalue weighted by Gasteiger charge is 2.65. The van der Waals surface area contributed by atoms with Crippen molar-refractivity contribution in [3.63, 3.8) is 0 Å². The fourth-order valence-corrected chi connectivity index (χ4v) is 3.49. The van der Waals surface area contributed by atoms with Crippen LogP contribution in [-0.2, 0) is 19.1 Å². The quantitative estimate of drug-likeness (QED) is 0.569. The number of nitrogens with one attached hydrogen (secondary N) is 1. The second kappa shape index (κ2) is 8.13. The molecular weight excluding hydrogens is 360 g/mol. The first-order valence-electron chi connectivity index (χ1n) is 9.70. The molecule has 1 aliphatic heterocycles. The number of esters is 1. The van der Waals surface area contributed by atoms with Gasteiger partial charge in [0.2, 0.25) is 5.91 Å². The van der Waals surface area contributed by atoms with Gasteiger partial charge in [-0.05, 0) is 61.8 Å². The Kier molecular flexibility index (Phi) is 6.97. The molecule has 2 amide bonds. The second-order valence-corrected chi connectivity index (χ2v) is 9.67. The maximum atomic E-state index is 13.3. The Balaban J connectivity index is 3.43. The minimum Gasteiger partial charge on any atom is -0.465 e. The number of likely N-dealkylation sites (tertiary alicyclic amines) is 1. The molecule has 1 saturated heterocycles. The van der Waals surface area contributed by atoms with Gasteiger partial charge in [0.05, 0.1) is 12.0 Å². The van der Waals surface area contributed by atoms with Gasteiger partial charge >= 0.3 is 12.1 Å². The van der Waals surface area contributed by atoms with Gasteiger partial charge in [0, 0.05) is 18.6 Å². The van der Waals surface area contributed by atoms with Gasteiger partial charge in [-0.2, -0.15) is 0 Å². The van der Waals surface area contributed by atoms with Gasteiger partial charge in [-0.15, -0.1) is 6.58 Å². The molecule has 0 aliphatic carbocycles. The average molecular weight is 397 g/mol. The summed E-state index contributed by atoms with van der Waals surface area (Å²) in [5.74, 6) is -0.812. The van der Waals surface area contributed by atoms with Gasteiger partial charge in [0.1, 0.15) is 11.0 Å². The smallest absolute Gasteiger partial charge is 0.410 e. The first-order valence-corrected chi connectivity index (χ1v) is 9.70. The van der Waals surface area contributed by atoms with Gasteiger partial charge in [-0.1, -0.05) is 6.08 Å². The summed E-state index contributed by atoms with van der Waals surface area (Å²) >= 11 is 0. The van der Waals surface area contributed by atoms with Crippen molar-refractivity contribution >= 4 is 18.0 Å². The van der Waals surface area contributed by atoms with E-state index in [1.54, 1.807) is 40.7 Å². The lowest BCUT2D eigenvalue weighted by molar-refractivity contribution is -0.165. The van der Waals surface area contributed by atoms with E-state index in [0.717, 1.165) is 0 Å². The molecule has 7 heteroatoms. The molecule has 1 fully saturated rings. The van der Waals surface area contributed by atoms with Crippen LogP contribution in [0.15, 0.2) is 12.7 Å². The van der Waals surface area contributed by atoms with E-state index in [4.69, 9.17) is 9.47 Å². The van der Waals surface area contributed by atoms with Crippen LogP contribution in [0, 0.1) is 10.8 Å². The number of hydrogen-bond donors (Lipinski definition) is 1. The summed E-state index contributed by atoms with van der Waals surface area (Å²) in [5, 5.41) is 2.96. The zero-order valence-electron chi connectivity index (χ0n) is 18.6. The SMILES string of the molecule is C=CC[C@@]1(C(=O)OCC)CN(C(=O)OC(C)(C)C)C[C@@]1(C)C(=O)NC(C)(C)C. The first kappa shape index (κ1) is 24.0. The normalized spacial score (nSPS) is 25.2. The highest BCUT2D eigenvalue weighted by Crippen LogP contribution is 2.50. The van der Waals surface area contributed by atoms with E-state index in [1.807, 2.05) is 20.8 Å². The summed E-state index contributed by atoms with van der Waals surface area (Å²) in [6.45, 7) is 18.4. The van der Waals surface area contributed by atoms with Gasteiger partial charge in [-0.3, -0.25) is 9.59 Å². The number of carbonyl (C=O) groups is 3. The van der Waals surface area contributed by atoms with Gasteiger partial charge in [0.15, 0.2) is 0 Å². The Morgan fingerprint density at radius 1 is 1.14 bits per heavy atom. The van der Waals surface area contributed by atoms with E-state index in [-0.39, 0.29) is 32.0 Å². The highest BCUT2D eigenvalue weighted by atomic mass is 16.6. The molecule has 160 valence electrons. The van der Waals surface area contributed by atoms with Crippen LogP contribution in [0.4, 0.5) is 4.79 Å². The van der Waals surface area contributed by atoms with Gasteiger partial charge < -0.3 is 19.7 Å². The van der Waals surface area contributed by atoms with Crippen LogP contribution in [0.25, 0.3) is 0 Å². The van der Waals surface area contributed by atoms with Crippen molar-refractivity contribution in [2.45, 2.75) is 73.0 Å². The van der Waals surface area contributed by atoms with Gasteiger partial charge in [-0.25, -0.2) is 4.79 Å². The van der Waals surface area contributed by atoms with Crippen LogP contribution in [-0.4, -0.2) is 53.7 Å². The maximum absolute atomic E-state index is 13.3. The summed E-state index contributed by atoms with van der Waals surface area (Å²) in [5.41, 5.74) is -3.61. The lowest BCUT2D eigenvalue weighted by atomic mass is 9.64. The fraction of sp³-hybridized carbons (Fsp3) is 0.762. The summed E-state index contributed by atoms with van der Waals surface area (Å²) in [6.07, 6.45) is 1.25. The molecule has 1 aliphatic rings. The number of rotatable bonds is 5. The minimum absolute atomic E-state index is 0.0286. The van der Waals surface area contributed by atoms with E-state index in [9.17, 15) is 14.4 Å². The molecule has 0 spiro atoms. The van der Waals surface area contributed by atoms with E-state index in [2.05, 4.69) is 11.9 Å². The zero-order chi connectivity index (χ0) is 22.0. The predicted octanol–water partition coefficient (Wildman–Crippen LogP) is 3.28. The Morgan fingerprint density at radius 2 is 1.71 bits per heavy atom. The van der Waals surface area contributed by atoms with Crippen LogP contribution >= 0.6 is 0 Å². The molecule has 0 saturated carbocycles. The third-order valence-electron chi connectivity index (χ3n) is 4.82. The van der Waals surface area contributed by atoms with Gasteiger partial charge in [0.25, 0.3) is 0 Å². The van der Waals surface area contributed by atoms with E-state index in [1.165, 1.54) is 4.90 Å². The summed E-state index contributed by atoms with van der Waals surface area (Å²) in [6, 6.07) is 0. The molecule has 0 aromatic rings. The lowest BCUT2D eigenvalue weighted by Crippen LogP contribution is -2.57. The molecule has 1 heterocycles. The molecule has 28 heavy (non-hydrogen) atoms. The molecule has 0 aromatic heterocycles. The molecule has 0 radical (unpaired) electrons. The van der Waals surface area contributed by atoms with Crippen LogP contribution in [0.3, 0.4) is 0 Å². The minimum atomic E-state index is -1.24. The highest BCUT2D eigenvalue weighted by molar-refractivity contribution is 5.94. The number of ether oxygens (including phenoxy) is 2. The zero-order valence-corrected chi connectivity index (χ0v) is 18.6. The van der Waals surface area contributed by atoms with E-state index in [0.29, 0.717) is 0 Å². The predicted molar refractivity (Wildman–Crippen MR) is 108 cm³/mol. The average Bonchev–Trinajstić information content (AvgIpc) is 2.80. The second-order valence-electron chi connectivity index (χ2n) is 9.67. The van der Waals surface area contributed by atoms with Crippen molar-refractivity contribution in [3.05, 3.63) is 12.7 Å². The molecule has 1 rings (SSSR count). The van der Waals surface area contributed by atoms with Crippen molar-refractivity contribution in [2.75, 3.05) is 19.7 Å². The lowest BCUT2D eigenvalue weighted by Gasteiger charge is -2.40. The third kappa shape index (κ3) is 5.06. The monoisotopic (exact) mass is 396 g/mol. The number of hydrogen-bond acceptors (Lipinski definition) is 5. The summed E-state index contributed by atoms with van der Waals surface area (Å²) < 4.78 is 10.8. The summed E-state index contributed by atoms with van der Waals surface area (Å²) in [7, 11) is 0. The molecule has 0 unspecified atom stereocenters. The number of carbonyl (C=O) groups excluding carboxylic acids is 3. The van der Waals surface area contributed by atoms with Crippen molar-refractivity contribution in [2.24, 2.45) is 10.8 Å². The van der Waals surface area contributed by atoms with E-state index >= 15 is 0 Å². The Hall–Kier alpha value is -2.05. The molecule has 0 aromatic carbocycles. The largest absolute Gasteiger partial charge is 0.465 e. The fourth-order valence-electron chi connectivity index (χ4n) is 3.49. The molecule has 2 atom stereocenters. The Morgan fingerprint density at radius 3 is 2.14 bits per heavy atom. The van der Waals surface area contributed by atoms with Crippen LogP contribution in [0.5, 0.6) is 0 Å². The number of amides is 2. The molecule has 1 N–H and O–H groups in total. The standard InChI is InChI=1S/C21H36N2O5/c1-10-12-21(16(25)27-11-2)14-23(17(26)28-19(6,7)8)13-20(21,9)15(24)22-18(3,4)5/h10H,1,11-14H2,2-9H3,(H,22,24)/t20-,21-/m0/s1. The molecule has 0 bridgehead atoms. The van der Waals surface area contributed by atoms with Crippen molar-refractivity contribution < 1.29 is 23.9 Å². The van der Waals surface area contributed by atoms with Crippen LogP contribution in [0.1, 0.15) is 61.8 Å². The molecular formula is C21H36N2O5. The molecule has 7 nitrogen and oxygen atoms in total. The van der Waals surface area contributed by atoms with E-state index < -0.39 is 34.0 Å². The van der Waals surface area contributed by atoms with Crippen molar-refractivity contribution in [1.29, 1.82) is 0 Å². The van der Waals surface area contributed by atoms with Crippen LogP contribution < -0.4 is 5.32 Å². The van der Waals surface area contributed by atoms with Crippen molar-refractivity contribution in [3.8, 4) is 0 Å². The Bertz CT molecular complexity index is 632. The summed E-state index contributed by atoms with van der Waals surface area (Å²) in [4.78, 5) is 40.5. The number of nitrogens with zero attached hydrogens (tertiary/aromatic N) is 1.